The highest BCUT2D eigenvalue weighted by atomic mass is 28.5. The Hall–Kier alpha value is 0.451. The van der Waals surface area contributed by atoms with E-state index in [0.717, 1.165) is 0 Å². The van der Waals surface area contributed by atoms with E-state index in [1.165, 1.54) is 0 Å². The first kappa shape index (κ1) is 13.5. The Morgan fingerprint density at radius 2 is 1.40 bits per heavy atom. The lowest BCUT2D eigenvalue weighted by atomic mass is 10.9. The Labute approximate surface area is 95.2 Å². The van der Waals surface area contributed by atoms with E-state index in [9.17, 15) is 0 Å². The third kappa shape index (κ3) is 3.75. The van der Waals surface area contributed by atoms with Crippen molar-refractivity contribution in [2.75, 3.05) is 13.2 Å². The first-order chi connectivity index (χ1) is 6.93. The largest absolute Gasteiger partial charge is 0.481 e. The normalized spacial score (nSPS) is 41.8. The van der Waals surface area contributed by atoms with Gasteiger partial charge in [0.25, 0.3) is 0 Å². The molecule has 0 spiro atoms. The van der Waals surface area contributed by atoms with Crippen molar-refractivity contribution in [3.05, 3.63) is 0 Å². The molecule has 1 rings (SSSR count). The Morgan fingerprint density at radius 3 is 1.73 bits per heavy atom. The fourth-order valence-corrected chi connectivity index (χ4v) is 13.1. The molecule has 0 aromatic heterocycles. The predicted molar refractivity (Wildman–Crippen MR) is 62.8 cm³/mol. The first-order valence-electron chi connectivity index (χ1n) is 5.27. The van der Waals surface area contributed by atoms with Gasteiger partial charge in [-0.05, 0) is 20.4 Å². The molecular weight excluding hydrogens is 248 g/mol. The van der Waals surface area contributed by atoms with Crippen LogP contribution in [-0.2, 0) is 21.2 Å². The van der Waals surface area contributed by atoms with Gasteiger partial charge < -0.3 is 21.2 Å². The molecule has 1 aliphatic rings. The van der Waals surface area contributed by atoms with E-state index in [-0.39, 0.29) is 0 Å². The lowest BCUT2D eigenvalue weighted by molar-refractivity contribution is 0.0753. The molecule has 0 N–H and O–H groups in total. The van der Waals surface area contributed by atoms with Gasteiger partial charge in [-0.1, -0.05) is 0 Å². The van der Waals surface area contributed by atoms with Crippen molar-refractivity contribution >= 4 is 26.9 Å². The maximum atomic E-state index is 5.84. The minimum absolute atomic E-state index is 0.598. The van der Waals surface area contributed by atoms with Crippen LogP contribution in [0.5, 0.6) is 0 Å². The average Bonchev–Trinajstić information content (AvgIpc) is 1.99. The van der Waals surface area contributed by atoms with Crippen LogP contribution in [0.3, 0.4) is 0 Å². The van der Waals surface area contributed by atoms with Crippen molar-refractivity contribution in [3.63, 3.8) is 0 Å². The Balaban J connectivity index is 2.70. The van der Waals surface area contributed by atoms with Crippen molar-refractivity contribution in [2.24, 2.45) is 0 Å². The highest BCUT2D eigenvalue weighted by Gasteiger charge is 2.53. The molecule has 2 unspecified atom stereocenters. The van der Waals surface area contributed by atoms with Gasteiger partial charge in [-0.25, -0.2) is 0 Å². The molecule has 0 radical (unpaired) electrons. The van der Waals surface area contributed by atoms with Crippen LogP contribution in [0.2, 0.25) is 19.6 Å². The second kappa shape index (κ2) is 5.19. The zero-order valence-electron chi connectivity index (χ0n) is 10.0. The summed E-state index contributed by atoms with van der Waals surface area (Å²) in [6.07, 6.45) is 0. The summed E-state index contributed by atoms with van der Waals surface area (Å²) in [5.41, 5.74) is 0. The van der Waals surface area contributed by atoms with Gasteiger partial charge in [0.15, 0.2) is 0 Å². The molecule has 1 fully saturated rings. The van der Waals surface area contributed by atoms with E-state index in [4.69, 9.17) is 21.2 Å². The van der Waals surface area contributed by atoms with Gasteiger partial charge in [-0.15, -0.1) is 0 Å². The zero-order chi connectivity index (χ0) is 11.5. The Bertz CT molecular complexity index is 199. The van der Waals surface area contributed by atoms with Crippen molar-refractivity contribution in [3.8, 4) is 0 Å². The van der Waals surface area contributed by atoms with Gasteiger partial charge in [0.1, 0.15) is 0 Å². The summed E-state index contributed by atoms with van der Waals surface area (Å²) < 4.78 is 28.5. The van der Waals surface area contributed by atoms with E-state index in [0.29, 0.717) is 13.2 Å². The van der Waals surface area contributed by atoms with Crippen LogP contribution in [0, 0.1) is 0 Å². The molecular formula is C7H20O5Si3. The summed E-state index contributed by atoms with van der Waals surface area (Å²) in [5.74, 6) is 0. The van der Waals surface area contributed by atoms with Crippen molar-refractivity contribution in [1.29, 1.82) is 0 Å². The highest BCUT2D eigenvalue weighted by Crippen LogP contribution is 2.26. The average molecular weight is 268 g/mol. The second-order valence-electron chi connectivity index (χ2n) is 3.50. The van der Waals surface area contributed by atoms with Crippen molar-refractivity contribution in [2.45, 2.75) is 33.5 Å². The monoisotopic (exact) mass is 268 g/mol. The summed E-state index contributed by atoms with van der Waals surface area (Å²) in [6, 6.07) is 0. The minimum atomic E-state index is -2.50. The molecule has 90 valence electrons. The lowest BCUT2D eigenvalue weighted by Gasteiger charge is -2.42. The van der Waals surface area contributed by atoms with Gasteiger partial charge in [-0.3, -0.25) is 0 Å². The van der Waals surface area contributed by atoms with E-state index in [1.807, 2.05) is 33.5 Å². The quantitative estimate of drug-likeness (QED) is 0.715. The fourth-order valence-electron chi connectivity index (χ4n) is 1.66. The molecule has 1 aliphatic heterocycles. The minimum Gasteiger partial charge on any atom is -0.396 e. The summed E-state index contributed by atoms with van der Waals surface area (Å²) in [6.45, 7) is 10.9. The van der Waals surface area contributed by atoms with E-state index >= 15 is 0 Å². The SMILES string of the molecule is CCO[Si]1(C)O[SiH](C)O[Si](C)(OCC)O1. The molecule has 0 saturated carbocycles. The summed E-state index contributed by atoms with van der Waals surface area (Å²) in [4.78, 5) is 0. The van der Waals surface area contributed by atoms with Gasteiger partial charge in [0.05, 0.1) is 0 Å². The standard InChI is InChI=1S/C7H20O5Si3/c1-6-8-14(4)10-13(3)11-15(5,12-14)9-7-2/h13H,6-7H2,1-5H3. The smallest absolute Gasteiger partial charge is 0.396 e. The summed E-state index contributed by atoms with van der Waals surface area (Å²) in [7, 11) is -6.66. The summed E-state index contributed by atoms with van der Waals surface area (Å²) >= 11 is 0. The summed E-state index contributed by atoms with van der Waals surface area (Å²) in [5, 5.41) is 0. The molecule has 15 heavy (non-hydrogen) atoms. The number of rotatable bonds is 4. The van der Waals surface area contributed by atoms with Crippen LogP contribution in [0.4, 0.5) is 0 Å². The Kier molecular flexibility index (Phi) is 4.67. The van der Waals surface area contributed by atoms with E-state index in [1.54, 1.807) is 0 Å². The van der Waals surface area contributed by atoms with Gasteiger partial charge in [0.2, 0.25) is 0 Å². The third-order valence-electron chi connectivity index (χ3n) is 1.94. The van der Waals surface area contributed by atoms with Gasteiger partial charge >= 0.3 is 26.9 Å². The van der Waals surface area contributed by atoms with Crippen LogP contribution in [0.1, 0.15) is 13.8 Å². The van der Waals surface area contributed by atoms with Crippen LogP contribution in [0.15, 0.2) is 0 Å². The van der Waals surface area contributed by atoms with Crippen molar-refractivity contribution < 1.29 is 21.2 Å². The molecule has 8 heteroatoms. The molecule has 0 aromatic rings. The molecule has 2 atom stereocenters. The molecule has 1 saturated heterocycles. The maximum Gasteiger partial charge on any atom is 0.481 e. The van der Waals surface area contributed by atoms with Crippen LogP contribution in [-0.4, -0.2) is 40.1 Å². The Morgan fingerprint density at radius 1 is 1.00 bits per heavy atom. The third-order valence-corrected chi connectivity index (χ3v) is 12.6. The molecule has 0 amide bonds. The predicted octanol–water partition coefficient (Wildman–Crippen LogP) is 1.11. The molecule has 0 aliphatic carbocycles. The zero-order valence-corrected chi connectivity index (χ0v) is 13.2. The molecule has 1 heterocycles. The fraction of sp³-hybridized carbons (Fsp3) is 1.00. The molecule has 0 bridgehead atoms. The number of hydrogen-bond acceptors (Lipinski definition) is 5. The van der Waals surface area contributed by atoms with Gasteiger partial charge in [-0.2, -0.15) is 0 Å². The number of hydrogen-bond donors (Lipinski definition) is 0. The first-order valence-corrected chi connectivity index (χ1v) is 11.8. The van der Waals surface area contributed by atoms with Crippen LogP contribution < -0.4 is 0 Å². The maximum absolute atomic E-state index is 5.84. The van der Waals surface area contributed by atoms with Crippen LogP contribution >= 0.6 is 0 Å². The van der Waals surface area contributed by atoms with Crippen molar-refractivity contribution in [1.82, 2.24) is 0 Å². The topological polar surface area (TPSA) is 46.2 Å². The molecule has 0 aromatic carbocycles. The van der Waals surface area contributed by atoms with Gasteiger partial charge in [0, 0.05) is 26.3 Å². The second-order valence-corrected chi connectivity index (χ2v) is 11.4. The van der Waals surface area contributed by atoms with Crippen LogP contribution in [0.25, 0.3) is 0 Å². The van der Waals surface area contributed by atoms with E-state index in [2.05, 4.69) is 0 Å². The highest BCUT2D eigenvalue weighted by molar-refractivity contribution is 6.83. The van der Waals surface area contributed by atoms with E-state index < -0.39 is 26.9 Å². The molecule has 5 nitrogen and oxygen atoms in total. The lowest BCUT2D eigenvalue weighted by Crippen LogP contribution is -2.64.